The highest BCUT2D eigenvalue weighted by Crippen LogP contribution is 2.48. The summed E-state index contributed by atoms with van der Waals surface area (Å²) >= 11 is 0. The molecular formula is C18H20N2O3. The van der Waals surface area contributed by atoms with Gasteiger partial charge < -0.3 is 15.2 Å². The third-order valence-electron chi connectivity index (χ3n) is 4.18. The van der Waals surface area contributed by atoms with Gasteiger partial charge in [-0.05, 0) is 42.5 Å². The van der Waals surface area contributed by atoms with Crippen LogP contribution in [0.1, 0.15) is 30.5 Å². The number of carbonyl (C=O) groups is 1. The Hall–Kier alpha value is -2.56. The average molecular weight is 312 g/mol. The van der Waals surface area contributed by atoms with Gasteiger partial charge in [0.15, 0.2) is 0 Å². The monoisotopic (exact) mass is 312 g/mol. The Bertz CT molecular complexity index is 730. The van der Waals surface area contributed by atoms with E-state index in [1.807, 2.05) is 19.1 Å². The molecular weight excluding hydrogens is 292 g/mol. The van der Waals surface area contributed by atoms with Crippen LogP contribution in [0, 0.1) is 5.92 Å². The molecule has 1 saturated carbocycles. The largest absolute Gasteiger partial charge is 0.508 e. The molecule has 0 bridgehead atoms. The fourth-order valence-electron chi connectivity index (χ4n) is 2.81. The van der Waals surface area contributed by atoms with Gasteiger partial charge in [0.2, 0.25) is 11.8 Å². The quantitative estimate of drug-likeness (QED) is 0.890. The molecule has 3 rings (SSSR count). The number of hydrogen-bond donors (Lipinski definition) is 2. The fourth-order valence-corrected chi connectivity index (χ4v) is 2.81. The van der Waals surface area contributed by atoms with Gasteiger partial charge in [-0.25, -0.2) is 4.98 Å². The van der Waals surface area contributed by atoms with Crippen LogP contribution >= 0.6 is 0 Å². The minimum atomic E-state index is -0.0522. The van der Waals surface area contributed by atoms with Crippen molar-refractivity contribution in [3.63, 3.8) is 0 Å². The third kappa shape index (κ3) is 3.28. The predicted molar refractivity (Wildman–Crippen MR) is 87.8 cm³/mol. The maximum atomic E-state index is 12.4. The second-order valence-electron chi connectivity index (χ2n) is 5.73. The maximum Gasteiger partial charge on any atom is 0.228 e. The summed E-state index contributed by atoms with van der Waals surface area (Å²) in [6, 6.07) is 10.7. The molecule has 1 aromatic heterocycles. The van der Waals surface area contributed by atoms with Gasteiger partial charge in [-0.15, -0.1) is 0 Å². The first-order valence-corrected chi connectivity index (χ1v) is 7.76. The van der Waals surface area contributed by atoms with Crippen molar-refractivity contribution in [1.29, 1.82) is 0 Å². The van der Waals surface area contributed by atoms with Gasteiger partial charge in [-0.1, -0.05) is 19.1 Å². The average Bonchev–Trinajstić information content (AvgIpc) is 3.36. The normalized spacial score (nSPS) is 19.2. The van der Waals surface area contributed by atoms with E-state index < -0.39 is 0 Å². The molecule has 120 valence electrons. The summed E-state index contributed by atoms with van der Waals surface area (Å²) in [6.45, 7) is 1.99. The van der Waals surface area contributed by atoms with Crippen molar-refractivity contribution in [1.82, 2.24) is 4.98 Å². The van der Waals surface area contributed by atoms with Crippen LogP contribution in [-0.2, 0) is 11.2 Å². The second kappa shape index (κ2) is 6.28. The zero-order chi connectivity index (χ0) is 16.4. The molecule has 1 fully saturated rings. The number of aromatic nitrogens is 1. The molecule has 0 saturated heterocycles. The zero-order valence-electron chi connectivity index (χ0n) is 13.2. The number of aromatic hydroxyl groups is 1. The number of pyridine rings is 1. The number of aryl methyl sites for hydroxylation is 1. The van der Waals surface area contributed by atoms with E-state index in [0.717, 1.165) is 23.4 Å². The van der Waals surface area contributed by atoms with E-state index in [0.29, 0.717) is 12.3 Å². The number of hydrogen-bond acceptors (Lipinski definition) is 4. The van der Waals surface area contributed by atoms with Crippen LogP contribution in [0.5, 0.6) is 11.6 Å². The van der Waals surface area contributed by atoms with E-state index in [-0.39, 0.29) is 23.5 Å². The topological polar surface area (TPSA) is 71.5 Å². The number of amides is 1. The fraction of sp³-hybridized carbons (Fsp3) is 0.333. The van der Waals surface area contributed by atoms with E-state index in [1.54, 1.807) is 31.4 Å². The van der Waals surface area contributed by atoms with Gasteiger partial charge in [0.25, 0.3) is 0 Å². The Balaban J connectivity index is 1.69. The number of phenols is 1. The molecule has 0 unspecified atom stereocenters. The third-order valence-corrected chi connectivity index (χ3v) is 4.18. The van der Waals surface area contributed by atoms with Crippen molar-refractivity contribution in [2.75, 3.05) is 12.4 Å². The number of nitrogens with zero attached hydrogens (tertiary/aromatic N) is 1. The van der Waals surface area contributed by atoms with Crippen molar-refractivity contribution >= 4 is 11.6 Å². The number of methoxy groups -OCH3 is 1. The highest BCUT2D eigenvalue weighted by molar-refractivity contribution is 5.95. The van der Waals surface area contributed by atoms with Crippen LogP contribution in [0.2, 0.25) is 0 Å². The summed E-state index contributed by atoms with van der Waals surface area (Å²) in [5.74, 6) is 0.909. The molecule has 2 atom stereocenters. The van der Waals surface area contributed by atoms with Crippen molar-refractivity contribution in [2.24, 2.45) is 5.92 Å². The number of benzene rings is 1. The molecule has 1 aliphatic rings. The van der Waals surface area contributed by atoms with E-state index in [2.05, 4.69) is 10.3 Å². The Labute approximate surface area is 135 Å². The molecule has 1 aromatic carbocycles. The van der Waals surface area contributed by atoms with Crippen molar-refractivity contribution < 1.29 is 14.6 Å². The maximum absolute atomic E-state index is 12.4. The molecule has 0 radical (unpaired) electrons. The Morgan fingerprint density at radius 1 is 1.39 bits per heavy atom. The standard InChI is InChI=1S/C18H20N2O3/c1-3-15-16(7-8-17(19-15)23-2)20-18(22)14-10-13(14)11-5-4-6-12(21)9-11/h4-9,13-14,21H,3,10H2,1-2H3,(H,20,22)/t13-,14+/m0/s1. The van der Waals surface area contributed by atoms with Crippen molar-refractivity contribution in [3.05, 3.63) is 47.7 Å². The second-order valence-corrected chi connectivity index (χ2v) is 5.73. The first-order valence-electron chi connectivity index (χ1n) is 7.76. The summed E-state index contributed by atoms with van der Waals surface area (Å²) in [5.41, 5.74) is 2.56. The SMILES string of the molecule is CCc1nc(OC)ccc1NC(=O)[C@@H]1C[C@H]1c1cccc(O)c1. The highest BCUT2D eigenvalue weighted by atomic mass is 16.5. The van der Waals surface area contributed by atoms with E-state index in [1.165, 1.54) is 0 Å². The first kappa shape index (κ1) is 15.3. The Kier molecular flexibility index (Phi) is 4.19. The molecule has 23 heavy (non-hydrogen) atoms. The van der Waals surface area contributed by atoms with Gasteiger partial charge in [0, 0.05) is 12.0 Å². The molecule has 1 amide bonds. The van der Waals surface area contributed by atoms with Gasteiger partial charge in [0.1, 0.15) is 5.75 Å². The number of nitrogens with one attached hydrogen (secondary N) is 1. The molecule has 2 aromatic rings. The molecule has 1 aliphatic carbocycles. The smallest absolute Gasteiger partial charge is 0.228 e. The number of phenolic OH excluding ortho intramolecular Hbond substituents is 1. The van der Waals surface area contributed by atoms with E-state index >= 15 is 0 Å². The highest BCUT2D eigenvalue weighted by Gasteiger charge is 2.44. The molecule has 0 aliphatic heterocycles. The lowest BCUT2D eigenvalue weighted by Crippen LogP contribution is -2.16. The minimum Gasteiger partial charge on any atom is -0.508 e. The minimum absolute atomic E-state index is 0.00000898. The van der Waals surface area contributed by atoms with Crippen LogP contribution in [-0.4, -0.2) is 23.1 Å². The summed E-state index contributed by atoms with van der Waals surface area (Å²) in [6.07, 6.45) is 1.52. The lowest BCUT2D eigenvalue weighted by molar-refractivity contribution is -0.117. The number of carbonyl (C=O) groups excluding carboxylic acids is 1. The van der Waals surface area contributed by atoms with Crippen LogP contribution in [0.4, 0.5) is 5.69 Å². The van der Waals surface area contributed by atoms with Crippen molar-refractivity contribution in [2.45, 2.75) is 25.7 Å². The van der Waals surface area contributed by atoms with Crippen LogP contribution < -0.4 is 10.1 Å². The summed E-state index contributed by atoms with van der Waals surface area (Å²) < 4.78 is 5.12. The first-order chi connectivity index (χ1) is 11.1. The number of anilines is 1. The van der Waals surface area contributed by atoms with E-state index in [4.69, 9.17) is 4.74 Å². The van der Waals surface area contributed by atoms with E-state index in [9.17, 15) is 9.90 Å². The predicted octanol–water partition coefficient (Wildman–Crippen LogP) is 3.10. The van der Waals surface area contributed by atoms with Gasteiger partial charge >= 0.3 is 0 Å². The van der Waals surface area contributed by atoms with Gasteiger partial charge in [-0.2, -0.15) is 0 Å². The van der Waals surface area contributed by atoms with Crippen LogP contribution in [0.3, 0.4) is 0 Å². The zero-order valence-corrected chi connectivity index (χ0v) is 13.2. The lowest BCUT2D eigenvalue weighted by Gasteiger charge is -2.10. The van der Waals surface area contributed by atoms with Gasteiger partial charge in [-0.3, -0.25) is 4.79 Å². The molecule has 5 nitrogen and oxygen atoms in total. The Morgan fingerprint density at radius 3 is 2.91 bits per heavy atom. The van der Waals surface area contributed by atoms with Crippen LogP contribution in [0.25, 0.3) is 0 Å². The molecule has 2 N–H and O–H groups in total. The molecule has 1 heterocycles. The summed E-state index contributed by atoms with van der Waals surface area (Å²) in [4.78, 5) is 16.8. The lowest BCUT2D eigenvalue weighted by atomic mass is 10.1. The van der Waals surface area contributed by atoms with Crippen LogP contribution in [0.15, 0.2) is 36.4 Å². The number of ether oxygens (including phenoxy) is 1. The van der Waals surface area contributed by atoms with Crippen molar-refractivity contribution in [3.8, 4) is 11.6 Å². The molecule has 5 heteroatoms. The summed E-state index contributed by atoms with van der Waals surface area (Å²) in [5, 5.41) is 12.5. The number of rotatable bonds is 5. The Morgan fingerprint density at radius 2 is 2.22 bits per heavy atom. The molecule has 0 spiro atoms. The summed E-state index contributed by atoms with van der Waals surface area (Å²) in [7, 11) is 1.57. The van der Waals surface area contributed by atoms with Gasteiger partial charge in [0.05, 0.1) is 18.5 Å².